The fourth-order valence-electron chi connectivity index (χ4n) is 0.586. The molecule has 0 saturated heterocycles. The molecule has 0 spiro atoms. The average Bonchev–Trinajstić information content (AvgIpc) is 1.85. The van der Waals surface area contributed by atoms with Gasteiger partial charge in [-0.25, -0.2) is 4.79 Å². The molecule has 0 aliphatic rings. The Morgan fingerprint density at radius 2 is 2.09 bits per heavy atom. The van der Waals surface area contributed by atoms with Gasteiger partial charge in [0.2, 0.25) is 0 Å². The normalized spacial score (nSPS) is 17.2. The minimum atomic E-state index is -2.32. The summed E-state index contributed by atoms with van der Waals surface area (Å²) in [7, 11) is -1.18. The van der Waals surface area contributed by atoms with Crippen LogP contribution in [0.3, 0.4) is 0 Å². The molecule has 0 aromatic heterocycles. The predicted octanol–water partition coefficient (Wildman–Crippen LogP) is 0.209. The highest BCUT2D eigenvalue weighted by Crippen LogP contribution is 2.30. The van der Waals surface area contributed by atoms with Crippen molar-refractivity contribution in [3.05, 3.63) is 0 Å². The van der Waals surface area contributed by atoms with E-state index in [1.165, 1.54) is 6.92 Å². The molecule has 3 unspecified atom stereocenters. The van der Waals surface area contributed by atoms with Crippen molar-refractivity contribution in [1.82, 2.24) is 0 Å². The Hall–Kier alpha value is -0.510. The van der Waals surface area contributed by atoms with Gasteiger partial charge < -0.3 is 10.2 Å². The lowest BCUT2D eigenvalue weighted by molar-refractivity contribution is -0.138. The maximum absolute atomic E-state index is 10.8. The van der Waals surface area contributed by atoms with Gasteiger partial charge in [0, 0.05) is 0 Å². The van der Waals surface area contributed by atoms with Crippen LogP contribution in [-0.2, 0) is 13.9 Å². The molecule has 3 atom stereocenters. The Labute approximate surface area is 64.9 Å². The van der Waals surface area contributed by atoms with E-state index in [1.807, 2.05) is 0 Å². The lowest BCUT2D eigenvalue weighted by Gasteiger charge is -2.01. The number of aliphatic hydroxyl groups is 1. The van der Waals surface area contributed by atoms with E-state index in [4.69, 9.17) is 10.2 Å². The Morgan fingerprint density at radius 1 is 1.64 bits per heavy atom. The molecular formula is C5H10O5P+. The number of hydrogen-bond acceptors (Lipinski definition) is 4. The number of rotatable bonds is 4. The second-order valence-electron chi connectivity index (χ2n) is 1.99. The van der Waals surface area contributed by atoms with Crippen molar-refractivity contribution in [2.24, 2.45) is 0 Å². The zero-order valence-corrected chi connectivity index (χ0v) is 7.12. The molecule has 5 nitrogen and oxygen atoms in total. The van der Waals surface area contributed by atoms with Crippen LogP contribution in [0.5, 0.6) is 0 Å². The van der Waals surface area contributed by atoms with Crippen LogP contribution in [0.2, 0.25) is 0 Å². The summed E-state index contributed by atoms with van der Waals surface area (Å²) in [5.74, 6) is -1.32. The summed E-state index contributed by atoms with van der Waals surface area (Å²) in [6.07, 6.45) is -1.17. The number of carbonyl (C=O) groups is 1. The van der Waals surface area contributed by atoms with Crippen molar-refractivity contribution in [2.75, 3.05) is 7.11 Å². The van der Waals surface area contributed by atoms with E-state index in [9.17, 15) is 9.36 Å². The van der Waals surface area contributed by atoms with Crippen molar-refractivity contribution in [3.63, 3.8) is 0 Å². The Kier molecular flexibility index (Phi) is 4.18. The molecule has 0 aliphatic heterocycles. The second-order valence-corrected chi connectivity index (χ2v) is 3.48. The zero-order valence-electron chi connectivity index (χ0n) is 6.22. The molecule has 0 aromatic rings. The Balaban J connectivity index is 4.34. The van der Waals surface area contributed by atoms with Crippen LogP contribution in [-0.4, -0.2) is 35.1 Å². The SMILES string of the molecule is CO[P+](=O)C(C(=O)O)C(C)O. The quantitative estimate of drug-likeness (QED) is 0.605. The molecule has 11 heavy (non-hydrogen) atoms. The van der Waals surface area contributed by atoms with E-state index in [0.29, 0.717) is 0 Å². The first-order valence-electron chi connectivity index (χ1n) is 2.92. The van der Waals surface area contributed by atoms with Gasteiger partial charge in [0.05, 0.1) is 7.11 Å². The Bertz CT molecular complexity index is 166. The van der Waals surface area contributed by atoms with Gasteiger partial charge in [-0.1, -0.05) is 0 Å². The molecule has 0 heterocycles. The summed E-state index contributed by atoms with van der Waals surface area (Å²) in [6, 6.07) is 0. The van der Waals surface area contributed by atoms with Crippen molar-refractivity contribution in [2.45, 2.75) is 18.7 Å². The monoisotopic (exact) mass is 181 g/mol. The first-order chi connectivity index (χ1) is 5.00. The van der Waals surface area contributed by atoms with Crippen LogP contribution in [0, 0.1) is 0 Å². The van der Waals surface area contributed by atoms with Crippen molar-refractivity contribution in [1.29, 1.82) is 0 Å². The molecular weight excluding hydrogens is 171 g/mol. The van der Waals surface area contributed by atoms with Gasteiger partial charge in [-0.3, -0.25) is 0 Å². The van der Waals surface area contributed by atoms with Gasteiger partial charge in [0.1, 0.15) is 6.10 Å². The fourth-order valence-corrected chi connectivity index (χ4v) is 1.35. The Morgan fingerprint density at radius 3 is 2.18 bits per heavy atom. The lowest BCUT2D eigenvalue weighted by Crippen LogP contribution is -2.28. The van der Waals surface area contributed by atoms with Crippen LogP contribution in [0.25, 0.3) is 0 Å². The van der Waals surface area contributed by atoms with E-state index < -0.39 is 25.8 Å². The number of carboxylic acid groups (broad SMARTS) is 1. The molecule has 0 radical (unpaired) electrons. The molecule has 0 aromatic carbocycles. The lowest BCUT2D eigenvalue weighted by atomic mass is 10.3. The molecule has 0 bridgehead atoms. The zero-order chi connectivity index (χ0) is 9.02. The highest BCUT2D eigenvalue weighted by atomic mass is 31.1. The molecule has 6 heteroatoms. The third-order valence-corrected chi connectivity index (χ3v) is 2.58. The third kappa shape index (κ3) is 2.93. The highest BCUT2D eigenvalue weighted by molar-refractivity contribution is 7.41. The topological polar surface area (TPSA) is 83.8 Å². The first-order valence-corrected chi connectivity index (χ1v) is 4.16. The maximum atomic E-state index is 10.8. The summed E-state index contributed by atoms with van der Waals surface area (Å²) in [6.45, 7) is 1.25. The highest BCUT2D eigenvalue weighted by Gasteiger charge is 2.43. The largest absolute Gasteiger partial charge is 0.525 e. The smallest absolute Gasteiger partial charge is 0.478 e. The van der Waals surface area contributed by atoms with Crippen LogP contribution in [0.1, 0.15) is 6.92 Å². The van der Waals surface area contributed by atoms with Gasteiger partial charge in [-0.2, -0.15) is 0 Å². The van der Waals surface area contributed by atoms with E-state index in [2.05, 4.69) is 4.52 Å². The van der Waals surface area contributed by atoms with Crippen molar-refractivity contribution < 1.29 is 24.1 Å². The summed E-state index contributed by atoms with van der Waals surface area (Å²) in [5.41, 5.74) is -1.34. The minimum Gasteiger partial charge on any atom is -0.478 e. The predicted molar refractivity (Wildman–Crippen MR) is 37.7 cm³/mol. The molecule has 0 amide bonds. The molecule has 64 valence electrons. The molecule has 2 N–H and O–H groups in total. The van der Waals surface area contributed by atoms with Crippen molar-refractivity contribution in [3.8, 4) is 0 Å². The number of carboxylic acids is 1. The molecule has 0 saturated carbocycles. The summed E-state index contributed by atoms with van der Waals surface area (Å²) < 4.78 is 15.1. The molecule has 0 fully saturated rings. The van der Waals surface area contributed by atoms with E-state index >= 15 is 0 Å². The van der Waals surface area contributed by atoms with Gasteiger partial charge in [-0.15, -0.1) is 4.52 Å². The van der Waals surface area contributed by atoms with Crippen LogP contribution >= 0.6 is 8.03 Å². The minimum absolute atomic E-state index is 1.14. The number of aliphatic hydroxyl groups excluding tert-OH is 1. The maximum Gasteiger partial charge on any atom is 0.525 e. The van der Waals surface area contributed by atoms with Gasteiger partial charge in [-0.05, 0) is 11.5 Å². The van der Waals surface area contributed by atoms with Crippen LogP contribution in [0.15, 0.2) is 0 Å². The second kappa shape index (κ2) is 4.38. The van der Waals surface area contributed by atoms with Gasteiger partial charge >= 0.3 is 19.7 Å². The van der Waals surface area contributed by atoms with Gasteiger partial charge in [0.15, 0.2) is 0 Å². The average molecular weight is 181 g/mol. The summed E-state index contributed by atoms with van der Waals surface area (Å²) in [4.78, 5) is 10.3. The van der Waals surface area contributed by atoms with Crippen molar-refractivity contribution >= 4 is 14.0 Å². The standard InChI is InChI=1S/C5H9O5P/c1-3(6)4(5(7)8)11(9)10-2/h3-4,6H,1-2H3/p+1. The number of hydrogen-bond donors (Lipinski definition) is 2. The van der Waals surface area contributed by atoms with E-state index in [1.54, 1.807) is 0 Å². The van der Waals surface area contributed by atoms with Crippen LogP contribution in [0.4, 0.5) is 0 Å². The number of aliphatic carboxylic acids is 1. The molecule has 0 aliphatic carbocycles. The van der Waals surface area contributed by atoms with Crippen LogP contribution < -0.4 is 0 Å². The first kappa shape index (κ1) is 10.5. The fraction of sp³-hybridized carbons (Fsp3) is 0.800. The summed E-state index contributed by atoms with van der Waals surface area (Å²) in [5, 5.41) is 17.3. The summed E-state index contributed by atoms with van der Waals surface area (Å²) >= 11 is 0. The van der Waals surface area contributed by atoms with Gasteiger partial charge in [0.25, 0.3) is 0 Å². The van der Waals surface area contributed by atoms with E-state index in [0.717, 1.165) is 7.11 Å². The van der Waals surface area contributed by atoms with E-state index in [-0.39, 0.29) is 0 Å². The third-order valence-electron chi connectivity index (χ3n) is 1.12. The molecule has 0 rings (SSSR count).